The molecule has 142 valence electrons. The van der Waals surface area contributed by atoms with Crippen molar-refractivity contribution in [2.24, 2.45) is 0 Å². The average Bonchev–Trinajstić information content (AvgIpc) is 3.09. The van der Waals surface area contributed by atoms with E-state index in [1.54, 1.807) is 12.1 Å². The first kappa shape index (κ1) is 19.0. The summed E-state index contributed by atoms with van der Waals surface area (Å²) in [5.74, 6) is 0.172. The van der Waals surface area contributed by atoms with E-state index in [2.05, 4.69) is 15.5 Å². The molecule has 0 aliphatic rings. The maximum absolute atomic E-state index is 13.1. The molecule has 3 rings (SSSR count). The van der Waals surface area contributed by atoms with Crippen LogP contribution in [0.4, 0.5) is 17.6 Å². The van der Waals surface area contributed by atoms with E-state index in [-0.39, 0.29) is 11.9 Å². The van der Waals surface area contributed by atoms with E-state index in [0.717, 1.165) is 17.7 Å². The number of aromatic nitrogens is 4. The first-order chi connectivity index (χ1) is 12.8. The Morgan fingerprint density at radius 3 is 2.26 bits per heavy atom. The Morgan fingerprint density at radius 1 is 1.04 bits per heavy atom. The fourth-order valence-electron chi connectivity index (χ4n) is 2.65. The highest BCUT2D eigenvalue weighted by Gasteiger charge is 2.30. The summed E-state index contributed by atoms with van der Waals surface area (Å²) in [7, 11) is 1.86. The SMILES string of the molecule is C[C@H](c1ccc(F)cc1)N(C)Cc1nnnn1-c1ccc(C(F)(F)F)cc1. The second-order valence-electron chi connectivity index (χ2n) is 6.19. The van der Waals surface area contributed by atoms with Gasteiger partial charge in [-0.2, -0.15) is 17.9 Å². The Kier molecular flexibility index (Phi) is 5.22. The molecule has 0 fully saturated rings. The van der Waals surface area contributed by atoms with E-state index in [0.29, 0.717) is 18.1 Å². The van der Waals surface area contributed by atoms with E-state index in [1.807, 2.05) is 18.9 Å². The summed E-state index contributed by atoms with van der Waals surface area (Å²) in [4.78, 5) is 1.96. The van der Waals surface area contributed by atoms with Gasteiger partial charge >= 0.3 is 6.18 Å². The molecule has 0 aliphatic carbocycles. The predicted octanol–water partition coefficient (Wildman–Crippen LogP) is 4.01. The Labute approximate surface area is 153 Å². The highest BCUT2D eigenvalue weighted by molar-refractivity contribution is 5.35. The van der Waals surface area contributed by atoms with Crippen LogP contribution in [-0.4, -0.2) is 32.2 Å². The number of nitrogens with zero attached hydrogens (tertiary/aromatic N) is 5. The van der Waals surface area contributed by atoms with Crippen LogP contribution in [0.1, 0.15) is 29.9 Å². The van der Waals surface area contributed by atoms with E-state index >= 15 is 0 Å². The molecule has 3 aromatic rings. The molecular formula is C18H17F4N5. The molecule has 0 saturated carbocycles. The molecule has 0 amide bonds. The van der Waals surface area contributed by atoms with Gasteiger partial charge in [0.1, 0.15) is 5.82 Å². The summed E-state index contributed by atoms with van der Waals surface area (Å²) >= 11 is 0. The van der Waals surface area contributed by atoms with Gasteiger partial charge in [0, 0.05) is 6.04 Å². The largest absolute Gasteiger partial charge is 0.416 e. The molecule has 27 heavy (non-hydrogen) atoms. The lowest BCUT2D eigenvalue weighted by Crippen LogP contribution is -2.24. The van der Waals surface area contributed by atoms with Gasteiger partial charge in [0.25, 0.3) is 0 Å². The summed E-state index contributed by atoms with van der Waals surface area (Å²) in [6.45, 7) is 2.31. The maximum atomic E-state index is 13.1. The van der Waals surface area contributed by atoms with Crippen molar-refractivity contribution in [3.8, 4) is 5.69 Å². The highest BCUT2D eigenvalue weighted by Crippen LogP contribution is 2.29. The third-order valence-corrected chi connectivity index (χ3v) is 4.38. The van der Waals surface area contributed by atoms with Crippen molar-refractivity contribution >= 4 is 0 Å². The molecule has 9 heteroatoms. The number of benzene rings is 2. The van der Waals surface area contributed by atoms with Crippen LogP contribution < -0.4 is 0 Å². The highest BCUT2D eigenvalue weighted by atomic mass is 19.4. The summed E-state index contributed by atoms with van der Waals surface area (Å²) in [5.41, 5.74) is 0.626. The lowest BCUT2D eigenvalue weighted by Gasteiger charge is -2.24. The van der Waals surface area contributed by atoms with Crippen molar-refractivity contribution in [1.82, 2.24) is 25.1 Å². The minimum absolute atomic E-state index is 0.0386. The molecule has 0 aliphatic heterocycles. The molecule has 0 unspecified atom stereocenters. The monoisotopic (exact) mass is 379 g/mol. The van der Waals surface area contributed by atoms with Gasteiger partial charge in [0.15, 0.2) is 5.82 Å². The second kappa shape index (κ2) is 7.43. The molecular weight excluding hydrogens is 362 g/mol. The van der Waals surface area contributed by atoms with Crippen molar-refractivity contribution in [2.75, 3.05) is 7.05 Å². The Balaban J connectivity index is 1.77. The second-order valence-corrected chi connectivity index (χ2v) is 6.19. The van der Waals surface area contributed by atoms with Crippen LogP contribution in [0.3, 0.4) is 0 Å². The summed E-state index contributed by atoms with van der Waals surface area (Å²) in [5, 5.41) is 11.5. The number of hydrogen-bond donors (Lipinski definition) is 0. The Morgan fingerprint density at radius 2 is 1.67 bits per heavy atom. The van der Waals surface area contributed by atoms with Gasteiger partial charge in [-0.25, -0.2) is 4.39 Å². The molecule has 1 aromatic heterocycles. The molecule has 2 aromatic carbocycles. The molecule has 0 radical (unpaired) electrons. The summed E-state index contributed by atoms with van der Waals surface area (Å²) in [6.07, 6.45) is -4.40. The minimum atomic E-state index is -4.40. The maximum Gasteiger partial charge on any atom is 0.416 e. The van der Waals surface area contributed by atoms with Gasteiger partial charge in [0.05, 0.1) is 17.8 Å². The van der Waals surface area contributed by atoms with E-state index in [9.17, 15) is 17.6 Å². The lowest BCUT2D eigenvalue weighted by atomic mass is 10.1. The van der Waals surface area contributed by atoms with Gasteiger partial charge in [-0.1, -0.05) is 12.1 Å². The van der Waals surface area contributed by atoms with E-state index in [4.69, 9.17) is 0 Å². The smallest absolute Gasteiger partial charge is 0.292 e. The first-order valence-electron chi connectivity index (χ1n) is 8.16. The van der Waals surface area contributed by atoms with Crippen LogP contribution >= 0.6 is 0 Å². The van der Waals surface area contributed by atoms with Crippen LogP contribution in [0.25, 0.3) is 5.69 Å². The number of rotatable bonds is 5. The van der Waals surface area contributed by atoms with Crippen LogP contribution in [0.15, 0.2) is 48.5 Å². The van der Waals surface area contributed by atoms with Crippen LogP contribution in [-0.2, 0) is 12.7 Å². The topological polar surface area (TPSA) is 46.8 Å². The van der Waals surface area contributed by atoms with Crippen LogP contribution in [0, 0.1) is 5.82 Å². The summed E-state index contributed by atoms with van der Waals surface area (Å²) in [6, 6.07) is 10.8. The molecule has 0 saturated heterocycles. The molecule has 5 nitrogen and oxygen atoms in total. The zero-order valence-corrected chi connectivity index (χ0v) is 14.7. The Bertz CT molecular complexity index is 887. The first-order valence-corrected chi connectivity index (χ1v) is 8.16. The third-order valence-electron chi connectivity index (χ3n) is 4.38. The van der Waals surface area contributed by atoms with Gasteiger partial charge in [-0.3, -0.25) is 4.90 Å². The Hall–Kier alpha value is -2.81. The normalized spacial score (nSPS) is 13.1. The van der Waals surface area contributed by atoms with Gasteiger partial charge in [0.2, 0.25) is 0 Å². The zero-order chi connectivity index (χ0) is 19.6. The summed E-state index contributed by atoms with van der Waals surface area (Å²) < 4.78 is 52.6. The fraction of sp³-hybridized carbons (Fsp3) is 0.278. The average molecular weight is 379 g/mol. The third kappa shape index (κ3) is 4.30. The van der Waals surface area contributed by atoms with Crippen molar-refractivity contribution in [3.63, 3.8) is 0 Å². The van der Waals surface area contributed by atoms with Crippen molar-refractivity contribution < 1.29 is 17.6 Å². The fourth-order valence-corrected chi connectivity index (χ4v) is 2.65. The zero-order valence-electron chi connectivity index (χ0n) is 14.7. The van der Waals surface area contributed by atoms with Crippen LogP contribution in [0.2, 0.25) is 0 Å². The molecule has 1 heterocycles. The van der Waals surface area contributed by atoms with Gasteiger partial charge in [-0.15, -0.1) is 5.10 Å². The standard InChI is InChI=1S/C18H17F4N5/c1-12(13-3-7-15(19)8-4-13)26(2)11-17-23-24-25-27(17)16-9-5-14(6-10-16)18(20,21)22/h3-10,12H,11H2,1-2H3/t12-/m1/s1. The minimum Gasteiger partial charge on any atom is -0.292 e. The molecule has 1 atom stereocenters. The van der Waals surface area contributed by atoms with Crippen LogP contribution in [0.5, 0.6) is 0 Å². The molecule has 0 N–H and O–H groups in total. The van der Waals surface area contributed by atoms with Crippen molar-refractivity contribution in [2.45, 2.75) is 25.7 Å². The quantitative estimate of drug-likeness (QED) is 0.629. The van der Waals surface area contributed by atoms with Gasteiger partial charge < -0.3 is 0 Å². The number of hydrogen-bond acceptors (Lipinski definition) is 4. The number of halogens is 4. The number of alkyl halides is 3. The van der Waals surface area contributed by atoms with Gasteiger partial charge in [-0.05, 0) is 66.4 Å². The predicted molar refractivity (Wildman–Crippen MR) is 90.4 cm³/mol. The van der Waals surface area contributed by atoms with E-state index < -0.39 is 11.7 Å². The molecule has 0 bridgehead atoms. The van der Waals surface area contributed by atoms with E-state index in [1.165, 1.54) is 28.9 Å². The number of tetrazole rings is 1. The van der Waals surface area contributed by atoms with Crippen molar-refractivity contribution in [1.29, 1.82) is 0 Å². The van der Waals surface area contributed by atoms with Crippen molar-refractivity contribution in [3.05, 3.63) is 71.3 Å². The molecule has 0 spiro atoms. The lowest BCUT2D eigenvalue weighted by molar-refractivity contribution is -0.137.